The number of amides is 1. The second-order valence-electron chi connectivity index (χ2n) is 6.55. The molecule has 3 aromatic rings. The van der Waals surface area contributed by atoms with Crippen LogP contribution in [-0.4, -0.2) is 14.3 Å². The van der Waals surface area contributed by atoms with Crippen LogP contribution in [0.25, 0.3) is 0 Å². The van der Waals surface area contributed by atoms with Crippen LogP contribution in [0.3, 0.4) is 0 Å². The fourth-order valence-corrected chi connectivity index (χ4v) is 4.71. The van der Waals surface area contributed by atoms with Gasteiger partial charge in [-0.1, -0.05) is 17.7 Å². The van der Waals surface area contributed by atoms with E-state index in [1.165, 1.54) is 47.7 Å². The first-order valence-corrected chi connectivity index (χ1v) is 11.0. The standard InChI is InChI=1S/C21H19N3O3S2/c1-13-4-10-18(11-5-13)29(26,27)24-17-8-6-16(7-9-17)20(25)23-21-19(12-22)14(2)15(3)28-21/h4-11,24H,1-3H3,(H,23,25). The van der Waals surface area contributed by atoms with E-state index in [0.29, 0.717) is 21.8 Å². The molecule has 0 saturated carbocycles. The Balaban J connectivity index is 1.75. The minimum Gasteiger partial charge on any atom is -0.312 e. The number of nitriles is 1. The number of thiophene rings is 1. The summed E-state index contributed by atoms with van der Waals surface area (Å²) in [4.78, 5) is 13.6. The van der Waals surface area contributed by atoms with Gasteiger partial charge in [-0.25, -0.2) is 8.42 Å². The van der Waals surface area contributed by atoms with Gasteiger partial charge in [-0.2, -0.15) is 5.26 Å². The van der Waals surface area contributed by atoms with Crippen LogP contribution in [0.2, 0.25) is 0 Å². The van der Waals surface area contributed by atoms with Crippen molar-refractivity contribution < 1.29 is 13.2 Å². The van der Waals surface area contributed by atoms with Crippen molar-refractivity contribution in [2.45, 2.75) is 25.7 Å². The number of sulfonamides is 1. The fraction of sp³-hybridized carbons (Fsp3) is 0.143. The zero-order valence-corrected chi connectivity index (χ0v) is 17.7. The average Bonchev–Trinajstić information content (AvgIpc) is 2.95. The predicted molar refractivity (Wildman–Crippen MR) is 115 cm³/mol. The highest BCUT2D eigenvalue weighted by molar-refractivity contribution is 7.92. The highest BCUT2D eigenvalue weighted by Gasteiger charge is 2.17. The second-order valence-corrected chi connectivity index (χ2v) is 9.46. The zero-order valence-electron chi connectivity index (χ0n) is 16.1. The molecule has 0 aliphatic rings. The molecule has 29 heavy (non-hydrogen) atoms. The van der Waals surface area contributed by atoms with E-state index in [1.807, 2.05) is 20.8 Å². The zero-order chi connectivity index (χ0) is 21.2. The highest BCUT2D eigenvalue weighted by Crippen LogP contribution is 2.32. The van der Waals surface area contributed by atoms with Gasteiger partial charge < -0.3 is 5.32 Å². The van der Waals surface area contributed by atoms with Gasteiger partial charge >= 0.3 is 0 Å². The Kier molecular flexibility index (Phi) is 5.73. The molecule has 0 fully saturated rings. The number of hydrogen-bond donors (Lipinski definition) is 2. The Bertz CT molecular complexity index is 1200. The van der Waals surface area contributed by atoms with Crippen LogP contribution in [0.15, 0.2) is 53.4 Å². The molecule has 0 radical (unpaired) electrons. The van der Waals surface area contributed by atoms with Gasteiger partial charge in [-0.15, -0.1) is 11.3 Å². The summed E-state index contributed by atoms with van der Waals surface area (Å²) in [7, 11) is -3.71. The molecule has 0 atom stereocenters. The molecule has 0 saturated heterocycles. The number of carbonyl (C=O) groups is 1. The Morgan fingerprint density at radius 3 is 2.21 bits per heavy atom. The van der Waals surface area contributed by atoms with Crippen LogP contribution in [0.5, 0.6) is 0 Å². The first kappa shape index (κ1) is 20.6. The van der Waals surface area contributed by atoms with Gasteiger partial charge in [0, 0.05) is 16.1 Å². The third-order valence-electron chi connectivity index (χ3n) is 4.45. The van der Waals surface area contributed by atoms with Gasteiger partial charge in [0.25, 0.3) is 15.9 Å². The second kappa shape index (κ2) is 8.07. The summed E-state index contributed by atoms with van der Waals surface area (Å²) in [5.41, 5.74) is 2.99. The van der Waals surface area contributed by atoms with E-state index in [0.717, 1.165) is 16.0 Å². The Morgan fingerprint density at radius 2 is 1.62 bits per heavy atom. The molecule has 1 aromatic heterocycles. The van der Waals surface area contributed by atoms with Crippen LogP contribution in [0.1, 0.15) is 31.9 Å². The quantitative estimate of drug-likeness (QED) is 0.624. The van der Waals surface area contributed by atoms with E-state index in [1.54, 1.807) is 12.1 Å². The molecule has 2 aromatic carbocycles. The SMILES string of the molecule is Cc1ccc(S(=O)(=O)Nc2ccc(C(=O)Nc3sc(C)c(C)c3C#N)cc2)cc1. The summed E-state index contributed by atoms with van der Waals surface area (Å²) in [5.74, 6) is -0.365. The first-order chi connectivity index (χ1) is 13.7. The molecule has 0 bridgehead atoms. The van der Waals surface area contributed by atoms with Crippen LogP contribution < -0.4 is 10.0 Å². The van der Waals surface area contributed by atoms with E-state index < -0.39 is 10.0 Å². The molecule has 6 nitrogen and oxygen atoms in total. The topological polar surface area (TPSA) is 99.1 Å². The molecule has 148 valence electrons. The summed E-state index contributed by atoms with van der Waals surface area (Å²) in [6.07, 6.45) is 0. The molecule has 1 amide bonds. The number of carbonyl (C=O) groups excluding carboxylic acids is 1. The maximum atomic E-state index is 12.5. The molecule has 0 unspecified atom stereocenters. The van der Waals surface area contributed by atoms with E-state index >= 15 is 0 Å². The lowest BCUT2D eigenvalue weighted by Gasteiger charge is -2.09. The normalized spacial score (nSPS) is 11.0. The molecule has 8 heteroatoms. The summed E-state index contributed by atoms with van der Waals surface area (Å²) < 4.78 is 27.4. The summed E-state index contributed by atoms with van der Waals surface area (Å²) >= 11 is 1.35. The van der Waals surface area contributed by atoms with Crippen molar-refractivity contribution in [2.75, 3.05) is 10.0 Å². The molecular weight excluding hydrogens is 406 g/mol. The number of nitrogens with zero attached hydrogens (tertiary/aromatic N) is 1. The third-order valence-corrected chi connectivity index (χ3v) is 6.97. The number of hydrogen-bond acceptors (Lipinski definition) is 5. The molecule has 0 spiro atoms. The van der Waals surface area contributed by atoms with E-state index in [4.69, 9.17) is 0 Å². The molecule has 3 rings (SSSR count). The third kappa shape index (κ3) is 4.47. The lowest BCUT2D eigenvalue weighted by molar-refractivity contribution is 0.102. The maximum absolute atomic E-state index is 12.5. The van der Waals surface area contributed by atoms with E-state index in [2.05, 4.69) is 16.1 Å². The van der Waals surface area contributed by atoms with Crippen LogP contribution in [0.4, 0.5) is 10.7 Å². The van der Waals surface area contributed by atoms with Gasteiger partial charge in [-0.05, 0) is 62.7 Å². The predicted octanol–water partition coefficient (Wildman–Crippen LogP) is 4.60. The molecule has 1 heterocycles. The molecule has 0 aliphatic heterocycles. The fourth-order valence-electron chi connectivity index (χ4n) is 2.65. The molecule has 0 aliphatic carbocycles. The summed E-state index contributed by atoms with van der Waals surface area (Å²) in [5, 5.41) is 12.6. The van der Waals surface area contributed by atoms with Gasteiger partial charge in [0.05, 0.1) is 10.5 Å². The Hall–Kier alpha value is -3.15. The average molecular weight is 426 g/mol. The van der Waals surface area contributed by atoms with Gasteiger partial charge in [-0.3, -0.25) is 9.52 Å². The van der Waals surface area contributed by atoms with Gasteiger partial charge in [0.1, 0.15) is 11.1 Å². The van der Waals surface area contributed by atoms with Crippen LogP contribution >= 0.6 is 11.3 Å². The van der Waals surface area contributed by atoms with Crippen molar-refractivity contribution in [3.63, 3.8) is 0 Å². The minimum atomic E-state index is -3.71. The van der Waals surface area contributed by atoms with E-state index in [-0.39, 0.29) is 10.8 Å². The van der Waals surface area contributed by atoms with Crippen molar-refractivity contribution in [3.05, 3.63) is 75.7 Å². The van der Waals surface area contributed by atoms with Crippen LogP contribution in [-0.2, 0) is 10.0 Å². The monoisotopic (exact) mass is 425 g/mol. The van der Waals surface area contributed by atoms with E-state index in [9.17, 15) is 18.5 Å². The van der Waals surface area contributed by atoms with Crippen molar-refractivity contribution in [1.29, 1.82) is 5.26 Å². The molecule has 2 N–H and O–H groups in total. The molecular formula is C21H19N3O3S2. The smallest absolute Gasteiger partial charge is 0.261 e. The number of rotatable bonds is 5. The highest BCUT2D eigenvalue weighted by atomic mass is 32.2. The number of nitrogens with one attached hydrogen (secondary N) is 2. The van der Waals surface area contributed by atoms with Crippen LogP contribution in [0, 0.1) is 32.1 Å². The number of benzene rings is 2. The Labute approximate surface area is 173 Å². The lowest BCUT2D eigenvalue weighted by atomic mass is 10.1. The van der Waals surface area contributed by atoms with Crippen molar-refractivity contribution >= 4 is 38.0 Å². The van der Waals surface area contributed by atoms with Crippen molar-refractivity contribution in [3.8, 4) is 6.07 Å². The summed E-state index contributed by atoms with van der Waals surface area (Å²) in [6, 6.07) is 14.8. The largest absolute Gasteiger partial charge is 0.312 e. The Morgan fingerprint density at radius 1 is 1.00 bits per heavy atom. The number of anilines is 2. The maximum Gasteiger partial charge on any atom is 0.261 e. The summed E-state index contributed by atoms with van der Waals surface area (Å²) in [6.45, 7) is 5.62. The minimum absolute atomic E-state index is 0.164. The first-order valence-electron chi connectivity index (χ1n) is 8.72. The van der Waals surface area contributed by atoms with Crippen molar-refractivity contribution in [2.24, 2.45) is 0 Å². The van der Waals surface area contributed by atoms with Crippen molar-refractivity contribution in [1.82, 2.24) is 0 Å². The number of aryl methyl sites for hydroxylation is 2. The lowest BCUT2D eigenvalue weighted by Crippen LogP contribution is -2.14. The van der Waals surface area contributed by atoms with Gasteiger partial charge in [0.15, 0.2) is 0 Å². The van der Waals surface area contributed by atoms with Gasteiger partial charge in [0.2, 0.25) is 0 Å².